The molecule has 0 unspecified atom stereocenters. The standard InChI is InChI=1S/C28H42O8/c1-17(29)33-15-25(5)10-7-11-26(6)22-9-8-21-13-27(22,24(12-23(25)26)35-19(3)31)14-28(21,36-20(4)32)16-34-18(2)30/h21-24H,7-16H2,1-6H3/t21-,22+,23-,24-,25-,26+,27-,28+/m1/s1. The van der Waals surface area contributed by atoms with Gasteiger partial charge in [0.05, 0.1) is 6.61 Å². The highest BCUT2D eigenvalue weighted by Crippen LogP contribution is 2.73. The third-order valence-electron chi connectivity index (χ3n) is 10.3. The number of ether oxygens (including phenoxy) is 4. The van der Waals surface area contributed by atoms with Gasteiger partial charge >= 0.3 is 23.9 Å². The molecule has 8 nitrogen and oxygen atoms in total. The zero-order valence-electron chi connectivity index (χ0n) is 22.6. The Kier molecular flexibility index (Phi) is 6.97. The fourth-order valence-corrected chi connectivity index (χ4v) is 9.23. The van der Waals surface area contributed by atoms with Crippen molar-refractivity contribution in [3.8, 4) is 0 Å². The van der Waals surface area contributed by atoms with Crippen molar-refractivity contribution in [1.29, 1.82) is 0 Å². The van der Waals surface area contributed by atoms with Gasteiger partial charge in [-0.3, -0.25) is 19.2 Å². The number of carbonyl (C=O) groups excluding carboxylic acids is 4. The molecule has 1 spiro atoms. The second-order valence-electron chi connectivity index (χ2n) is 12.6. The monoisotopic (exact) mass is 506 g/mol. The average Bonchev–Trinajstić information content (AvgIpc) is 2.99. The van der Waals surface area contributed by atoms with E-state index in [9.17, 15) is 19.2 Å². The summed E-state index contributed by atoms with van der Waals surface area (Å²) in [6.45, 7) is 10.6. The Morgan fingerprint density at radius 3 is 2.08 bits per heavy atom. The molecule has 4 saturated carbocycles. The van der Waals surface area contributed by atoms with E-state index in [1.165, 1.54) is 27.7 Å². The maximum absolute atomic E-state index is 12.4. The van der Waals surface area contributed by atoms with E-state index in [2.05, 4.69) is 13.8 Å². The van der Waals surface area contributed by atoms with Crippen molar-refractivity contribution >= 4 is 23.9 Å². The molecular formula is C28H42O8. The molecule has 0 N–H and O–H groups in total. The molecule has 8 atom stereocenters. The summed E-state index contributed by atoms with van der Waals surface area (Å²) >= 11 is 0. The van der Waals surface area contributed by atoms with Crippen molar-refractivity contribution < 1.29 is 38.1 Å². The Hall–Kier alpha value is -2.12. The summed E-state index contributed by atoms with van der Waals surface area (Å²) in [6, 6.07) is 0. The fraction of sp³-hybridized carbons (Fsp3) is 0.857. The van der Waals surface area contributed by atoms with Gasteiger partial charge in [-0.05, 0) is 55.8 Å². The molecular weight excluding hydrogens is 464 g/mol. The molecule has 4 aliphatic rings. The van der Waals surface area contributed by atoms with Crippen molar-refractivity contribution in [1.82, 2.24) is 0 Å². The fourth-order valence-electron chi connectivity index (χ4n) is 9.23. The van der Waals surface area contributed by atoms with E-state index in [4.69, 9.17) is 18.9 Å². The molecule has 0 saturated heterocycles. The van der Waals surface area contributed by atoms with Gasteiger partial charge in [0.1, 0.15) is 18.3 Å². The van der Waals surface area contributed by atoms with Crippen LogP contribution in [0, 0.1) is 34.0 Å². The molecule has 4 aliphatic carbocycles. The van der Waals surface area contributed by atoms with Gasteiger partial charge in [0.15, 0.2) is 0 Å². The first kappa shape index (κ1) is 26.9. The average molecular weight is 507 g/mol. The number of esters is 4. The van der Waals surface area contributed by atoms with Gasteiger partial charge in [0.25, 0.3) is 0 Å². The zero-order valence-corrected chi connectivity index (χ0v) is 22.6. The summed E-state index contributed by atoms with van der Waals surface area (Å²) in [5, 5.41) is 0. The minimum Gasteiger partial charge on any atom is -0.465 e. The molecule has 0 aromatic carbocycles. The van der Waals surface area contributed by atoms with Gasteiger partial charge < -0.3 is 18.9 Å². The van der Waals surface area contributed by atoms with Crippen LogP contribution in [-0.2, 0) is 38.1 Å². The lowest BCUT2D eigenvalue weighted by molar-refractivity contribution is -0.221. The predicted molar refractivity (Wildman–Crippen MR) is 129 cm³/mol. The van der Waals surface area contributed by atoms with Crippen LogP contribution in [-0.4, -0.2) is 48.8 Å². The van der Waals surface area contributed by atoms with Crippen LogP contribution >= 0.6 is 0 Å². The first-order chi connectivity index (χ1) is 16.8. The lowest BCUT2D eigenvalue weighted by Crippen LogP contribution is -2.63. The second-order valence-corrected chi connectivity index (χ2v) is 12.6. The Labute approximate surface area is 214 Å². The first-order valence-electron chi connectivity index (χ1n) is 13.4. The van der Waals surface area contributed by atoms with Crippen LogP contribution in [0.25, 0.3) is 0 Å². The lowest BCUT2D eigenvalue weighted by Gasteiger charge is -2.65. The predicted octanol–water partition coefficient (Wildman–Crippen LogP) is 4.37. The molecule has 0 aromatic heterocycles. The summed E-state index contributed by atoms with van der Waals surface area (Å²) in [4.78, 5) is 48.1. The number of rotatable bonds is 6. The van der Waals surface area contributed by atoms with Gasteiger partial charge in [-0.25, -0.2) is 0 Å². The van der Waals surface area contributed by atoms with Crippen molar-refractivity contribution in [3.63, 3.8) is 0 Å². The summed E-state index contributed by atoms with van der Waals surface area (Å²) in [7, 11) is 0. The summed E-state index contributed by atoms with van der Waals surface area (Å²) in [5.41, 5.74) is -1.53. The highest BCUT2D eigenvalue weighted by molar-refractivity contribution is 5.68. The molecule has 36 heavy (non-hydrogen) atoms. The van der Waals surface area contributed by atoms with E-state index >= 15 is 0 Å². The van der Waals surface area contributed by atoms with Gasteiger partial charge in [-0.15, -0.1) is 0 Å². The van der Waals surface area contributed by atoms with E-state index in [-0.39, 0.29) is 58.6 Å². The Balaban J connectivity index is 1.76. The lowest BCUT2D eigenvalue weighted by atomic mass is 9.40. The van der Waals surface area contributed by atoms with E-state index < -0.39 is 17.5 Å². The first-order valence-corrected chi connectivity index (χ1v) is 13.4. The molecule has 0 heterocycles. The molecule has 0 radical (unpaired) electrons. The Bertz CT molecular complexity index is 931. The Morgan fingerprint density at radius 2 is 1.47 bits per heavy atom. The quantitative estimate of drug-likeness (QED) is 0.386. The minimum atomic E-state index is -0.913. The highest BCUT2D eigenvalue weighted by Gasteiger charge is 2.72. The molecule has 0 aromatic rings. The van der Waals surface area contributed by atoms with Crippen molar-refractivity contribution in [2.45, 2.75) is 105 Å². The zero-order chi connectivity index (χ0) is 26.5. The van der Waals surface area contributed by atoms with Gasteiger partial charge in [0, 0.05) is 50.9 Å². The van der Waals surface area contributed by atoms with Gasteiger partial charge in [-0.2, -0.15) is 0 Å². The molecule has 4 fully saturated rings. The molecule has 0 aliphatic heterocycles. The van der Waals surface area contributed by atoms with E-state index in [1.54, 1.807) is 0 Å². The molecule has 0 amide bonds. The van der Waals surface area contributed by atoms with Crippen LogP contribution < -0.4 is 0 Å². The maximum atomic E-state index is 12.4. The largest absolute Gasteiger partial charge is 0.465 e. The maximum Gasteiger partial charge on any atom is 0.303 e. The SMILES string of the molecule is CC(=O)OC[C@@]1(C)CCC[C@]2(C)[C@@H]1C[C@@H](OC(C)=O)[C@@]13C[C@@H](CC[C@@H]21)[C@](COC(C)=O)(OC(C)=O)C3. The normalized spacial score (nSPS) is 42.9. The number of hydrogen-bond acceptors (Lipinski definition) is 8. The van der Waals surface area contributed by atoms with Crippen LogP contribution in [0.4, 0.5) is 0 Å². The second kappa shape index (κ2) is 9.32. The minimum absolute atomic E-state index is 0.0259. The summed E-state index contributed by atoms with van der Waals surface area (Å²) in [6.07, 6.45) is 6.48. The van der Waals surface area contributed by atoms with E-state index in [0.29, 0.717) is 19.4 Å². The molecule has 8 heteroatoms. The van der Waals surface area contributed by atoms with E-state index in [0.717, 1.165) is 38.5 Å². The van der Waals surface area contributed by atoms with Crippen LogP contribution in [0.1, 0.15) is 92.9 Å². The summed E-state index contributed by atoms with van der Waals surface area (Å²) < 4.78 is 23.2. The number of carbonyl (C=O) groups is 4. The third kappa shape index (κ3) is 4.43. The van der Waals surface area contributed by atoms with Crippen molar-refractivity contribution in [2.24, 2.45) is 34.0 Å². The van der Waals surface area contributed by atoms with E-state index in [1.807, 2.05) is 0 Å². The molecule has 4 rings (SSSR count). The summed E-state index contributed by atoms with van der Waals surface area (Å²) in [5.74, 6) is -0.897. The third-order valence-corrected chi connectivity index (χ3v) is 10.3. The van der Waals surface area contributed by atoms with Gasteiger partial charge in [0.2, 0.25) is 0 Å². The van der Waals surface area contributed by atoms with Crippen LogP contribution in [0.2, 0.25) is 0 Å². The number of hydrogen-bond donors (Lipinski definition) is 0. The molecule has 202 valence electrons. The van der Waals surface area contributed by atoms with Crippen molar-refractivity contribution in [2.75, 3.05) is 13.2 Å². The topological polar surface area (TPSA) is 105 Å². The van der Waals surface area contributed by atoms with Crippen molar-refractivity contribution in [3.05, 3.63) is 0 Å². The van der Waals surface area contributed by atoms with Gasteiger partial charge in [-0.1, -0.05) is 20.3 Å². The molecule has 2 bridgehead atoms. The highest BCUT2D eigenvalue weighted by atomic mass is 16.6. The van der Waals surface area contributed by atoms with Crippen LogP contribution in [0.5, 0.6) is 0 Å². The van der Waals surface area contributed by atoms with Crippen LogP contribution in [0.15, 0.2) is 0 Å². The smallest absolute Gasteiger partial charge is 0.303 e. The van der Waals surface area contributed by atoms with Crippen LogP contribution in [0.3, 0.4) is 0 Å². The number of fused-ring (bicyclic) bond motifs is 3. The Morgan fingerprint density at radius 1 is 0.806 bits per heavy atom.